The molecule has 0 bridgehead atoms. The number of fused-ring (bicyclic) bond motifs is 1. The lowest BCUT2D eigenvalue weighted by Crippen LogP contribution is -2.36. The van der Waals surface area contributed by atoms with Crippen molar-refractivity contribution in [2.45, 2.75) is 26.2 Å². The third-order valence-electron chi connectivity index (χ3n) is 3.03. The van der Waals surface area contributed by atoms with Gasteiger partial charge >= 0.3 is 0 Å². The largest absolute Gasteiger partial charge is 0.481 e. The van der Waals surface area contributed by atoms with E-state index < -0.39 is 0 Å². The monoisotopic (exact) mass is 234 g/mol. The number of ether oxygens (including phenoxy) is 1. The van der Waals surface area contributed by atoms with Crippen LogP contribution < -0.4 is 15.4 Å². The van der Waals surface area contributed by atoms with Crippen molar-refractivity contribution >= 4 is 17.3 Å². The Labute approximate surface area is 101 Å². The van der Waals surface area contributed by atoms with Crippen LogP contribution >= 0.6 is 0 Å². The van der Waals surface area contributed by atoms with Gasteiger partial charge in [-0.25, -0.2) is 0 Å². The summed E-state index contributed by atoms with van der Waals surface area (Å²) in [7, 11) is 1.72. The first-order valence-corrected chi connectivity index (χ1v) is 5.64. The van der Waals surface area contributed by atoms with Crippen molar-refractivity contribution in [2.24, 2.45) is 0 Å². The Bertz CT molecular complexity index is 475. The van der Waals surface area contributed by atoms with E-state index in [0.717, 1.165) is 5.56 Å². The Kier molecular flexibility index (Phi) is 2.53. The second kappa shape index (κ2) is 3.65. The number of amides is 1. The Morgan fingerprint density at radius 3 is 2.59 bits per heavy atom. The van der Waals surface area contributed by atoms with E-state index in [-0.39, 0.29) is 17.9 Å². The molecule has 1 aromatic carbocycles. The molecule has 0 aliphatic carbocycles. The molecular weight excluding hydrogens is 216 g/mol. The summed E-state index contributed by atoms with van der Waals surface area (Å²) in [5.74, 6) is 0.615. The number of benzene rings is 1. The molecule has 2 N–H and O–H groups in total. The quantitative estimate of drug-likeness (QED) is 0.698. The van der Waals surface area contributed by atoms with Gasteiger partial charge in [-0.05, 0) is 23.1 Å². The van der Waals surface area contributed by atoms with Crippen LogP contribution in [0.2, 0.25) is 0 Å². The molecule has 0 radical (unpaired) electrons. The van der Waals surface area contributed by atoms with Crippen LogP contribution in [0.25, 0.3) is 0 Å². The number of nitrogens with two attached hydrogens (primary N) is 1. The second-order valence-corrected chi connectivity index (χ2v) is 5.40. The summed E-state index contributed by atoms with van der Waals surface area (Å²) in [5, 5.41) is 0. The van der Waals surface area contributed by atoms with Gasteiger partial charge in [-0.2, -0.15) is 0 Å². The third-order valence-corrected chi connectivity index (χ3v) is 3.03. The first kappa shape index (κ1) is 11.8. The summed E-state index contributed by atoms with van der Waals surface area (Å²) >= 11 is 0. The van der Waals surface area contributed by atoms with Crippen LogP contribution in [0.4, 0.5) is 11.4 Å². The number of hydrogen-bond acceptors (Lipinski definition) is 3. The molecule has 2 rings (SSSR count). The molecule has 0 spiro atoms. The number of rotatable bonds is 0. The lowest BCUT2D eigenvalue weighted by molar-refractivity contribution is -0.120. The molecule has 17 heavy (non-hydrogen) atoms. The molecule has 1 aliphatic rings. The molecule has 0 saturated carbocycles. The van der Waals surface area contributed by atoms with Crippen molar-refractivity contribution in [3.05, 3.63) is 17.7 Å². The highest BCUT2D eigenvalue weighted by Gasteiger charge is 2.27. The van der Waals surface area contributed by atoms with Crippen LogP contribution in [0.5, 0.6) is 5.75 Å². The van der Waals surface area contributed by atoms with Crippen LogP contribution in [-0.2, 0) is 10.2 Å². The van der Waals surface area contributed by atoms with Crippen molar-refractivity contribution in [1.29, 1.82) is 0 Å². The fourth-order valence-electron chi connectivity index (χ4n) is 1.89. The van der Waals surface area contributed by atoms with Gasteiger partial charge in [0.2, 0.25) is 0 Å². The highest BCUT2D eigenvalue weighted by molar-refractivity contribution is 6.00. The van der Waals surface area contributed by atoms with E-state index >= 15 is 0 Å². The number of carbonyl (C=O) groups is 1. The van der Waals surface area contributed by atoms with E-state index in [1.54, 1.807) is 11.9 Å². The minimum atomic E-state index is -0.0762. The average molecular weight is 234 g/mol. The van der Waals surface area contributed by atoms with E-state index in [0.29, 0.717) is 17.1 Å². The second-order valence-electron chi connectivity index (χ2n) is 5.40. The predicted molar refractivity (Wildman–Crippen MR) is 68.5 cm³/mol. The van der Waals surface area contributed by atoms with Gasteiger partial charge in [0.05, 0.1) is 5.69 Å². The number of hydrogen-bond donors (Lipinski definition) is 1. The van der Waals surface area contributed by atoms with E-state index in [9.17, 15) is 4.79 Å². The van der Waals surface area contributed by atoms with Crippen LogP contribution in [0, 0.1) is 0 Å². The molecule has 0 saturated heterocycles. The number of nitrogen functional groups attached to an aromatic ring is 1. The SMILES string of the molecule is CN1C(=O)COc2cc(C(C)(C)C)cc(N)c21. The van der Waals surface area contributed by atoms with Gasteiger partial charge in [-0.15, -0.1) is 0 Å². The number of carbonyl (C=O) groups excluding carboxylic acids is 1. The van der Waals surface area contributed by atoms with Crippen molar-refractivity contribution < 1.29 is 9.53 Å². The average Bonchev–Trinajstić information content (AvgIpc) is 2.21. The minimum Gasteiger partial charge on any atom is -0.481 e. The van der Waals surface area contributed by atoms with Gasteiger partial charge in [-0.1, -0.05) is 20.8 Å². The zero-order valence-corrected chi connectivity index (χ0v) is 10.7. The van der Waals surface area contributed by atoms with Gasteiger partial charge in [-0.3, -0.25) is 4.79 Å². The smallest absolute Gasteiger partial charge is 0.264 e. The maximum Gasteiger partial charge on any atom is 0.264 e. The first-order valence-electron chi connectivity index (χ1n) is 5.64. The molecule has 0 fully saturated rings. The Balaban J connectivity index is 2.57. The highest BCUT2D eigenvalue weighted by atomic mass is 16.5. The molecular formula is C13H18N2O2. The summed E-state index contributed by atoms with van der Waals surface area (Å²) in [4.78, 5) is 13.1. The lowest BCUT2D eigenvalue weighted by atomic mass is 9.86. The van der Waals surface area contributed by atoms with Crippen LogP contribution in [0.15, 0.2) is 12.1 Å². The molecule has 1 amide bonds. The van der Waals surface area contributed by atoms with Gasteiger partial charge in [0.1, 0.15) is 11.4 Å². The summed E-state index contributed by atoms with van der Waals surface area (Å²) in [6.45, 7) is 6.43. The zero-order chi connectivity index (χ0) is 12.8. The highest BCUT2D eigenvalue weighted by Crippen LogP contribution is 2.40. The molecule has 92 valence electrons. The molecule has 4 nitrogen and oxygen atoms in total. The van der Waals surface area contributed by atoms with Crippen LogP contribution in [0.1, 0.15) is 26.3 Å². The maximum atomic E-state index is 11.5. The van der Waals surface area contributed by atoms with Gasteiger partial charge < -0.3 is 15.4 Å². The summed E-state index contributed by atoms with van der Waals surface area (Å²) in [6.07, 6.45) is 0. The standard InChI is InChI=1S/C13H18N2O2/c1-13(2,3)8-5-9(14)12-10(6-8)17-7-11(16)15(12)4/h5-6H,7,14H2,1-4H3. The predicted octanol–water partition coefficient (Wildman–Crippen LogP) is 1.92. The van der Waals surface area contributed by atoms with Crippen LogP contribution in [0.3, 0.4) is 0 Å². The molecule has 1 aliphatic heterocycles. The normalized spacial score (nSPS) is 15.5. The zero-order valence-electron chi connectivity index (χ0n) is 10.7. The molecule has 1 heterocycles. The number of anilines is 2. The Morgan fingerprint density at radius 2 is 2.00 bits per heavy atom. The lowest BCUT2D eigenvalue weighted by Gasteiger charge is -2.29. The van der Waals surface area contributed by atoms with Gasteiger partial charge in [0.15, 0.2) is 6.61 Å². The van der Waals surface area contributed by atoms with Crippen molar-refractivity contribution in [2.75, 3.05) is 24.3 Å². The minimum absolute atomic E-state index is 0.00649. The summed E-state index contributed by atoms with van der Waals surface area (Å²) < 4.78 is 5.45. The molecule has 4 heteroatoms. The Morgan fingerprint density at radius 1 is 1.35 bits per heavy atom. The molecule has 1 aromatic rings. The third kappa shape index (κ3) is 1.95. The van der Waals surface area contributed by atoms with Crippen molar-refractivity contribution in [1.82, 2.24) is 0 Å². The van der Waals surface area contributed by atoms with Crippen molar-refractivity contribution in [3.8, 4) is 5.75 Å². The first-order chi connectivity index (χ1) is 7.80. The van der Waals surface area contributed by atoms with E-state index in [1.807, 2.05) is 12.1 Å². The fourth-order valence-corrected chi connectivity index (χ4v) is 1.89. The number of nitrogens with zero attached hydrogens (tertiary/aromatic N) is 1. The van der Waals surface area contributed by atoms with Gasteiger partial charge in [0.25, 0.3) is 5.91 Å². The summed E-state index contributed by atoms with van der Waals surface area (Å²) in [5.41, 5.74) is 8.39. The number of likely N-dealkylation sites (N-methyl/N-ethyl adjacent to an activating group) is 1. The Hall–Kier alpha value is -1.71. The van der Waals surface area contributed by atoms with E-state index in [2.05, 4.69) is 20.8 Å². The van der Waals surface area contributed by atoms with Crippen LogP contribution in [-0.4, -0.2) is 19.6 Å². The summed E-state index contributed by atoms with van der Waals surface area (Å²) in [6, 6.07) is 3.88. The fraction of sp³-hybridized carbons (Fsp3) is 0.462. The van der Waals surface area contributed by atoms with E-state index in [1.165, 1.54) is 0 Å². The maximum absolute atomic E-state index is 11.5. The van der Waals surface area contributed by atoms with Crippen molar-refractivity contribution in [3.63, 3.8) is 0 Å². The van der Waals surface area contributed by atoms with Gasteiger partial charge in [0, 0.05) is 7.05 Å². The van der Waals surface area contributed by atoms with E-state index in [4.69, 9.17) is 10.5 Å². The molecule has 0 aromatic heterocycles. The topological polar surface area (TPSA) is 55.6 Å². The molecule has 0 atom stereocenters. The molecule has 0 unspecified atom stereocenters.